The Morgan fingerprint density at radius 2 is 1.86 bits per heavy atom. The number of hydrogen-bond acceptors (Lipinski definition) is 5. The summed E-state index contributed by atoms with van der Waals surface area (Å²) in [4.78, 5) is 11.6. The second kappa shape index (κ2) is 10.3. The zero-order chi connectivity index (χ0) is 20.6. The molecule has 9 heteroatoms. The fourth-order valence-corrected chi connectivity index (χ4v) is 3.47. The van der Waals surface area contributed by atoms with Gasteiger partial charge in [0.1, 0.15) is 5.75 Å². The van der Waals surface area contributed by atoms with Gasteiger partial charge in [0.15, 0.2) is 6.61 Å². The maximum Gasteiger partial charge on any atom is 0.257 e. The van der Waals surface area contributed by atoms with Crippen LogP contribution in [0.1, 0.15) is 12.0 Å². The number of carbonyl (C=O) groups excluding carboxylic acids is 1. The molecule has 28 heavy (non-hydrogen) atoms. The highest BCUT2D eigenvalue weighted by Crippen LogP contribution is 2.26. The van der Waals surface area contributed by atoms with Gasteiger partial charge in [-0.25, -0.2) is 8.42 Å². The molecule has 0 heterocycles. The number of carbonyl (C=O) groups is 1. The first-order chi connectivity index (χ1) is 13.3. The molecule has 2 rings (SSSR count). The lowest BCUT2D eigenvalue weighted by Gasteiger charge is -2.23. The molecule has 0 fully saturated rings. The molecule has 2 aromatic rings. The molecule has 0 spiro atoms. The number of ether oxygens (including phenoxy) is 1. The van der Waals surface area contributed by atoms with Crippen molar-refractivity contribution in [1.29, 1.82) is 0 Å². The van der Waals surface area contributed by atoms with Crippen molar-refractivity contribution in [2.24, 2.45) is 0 Å². The quantitative estimate of drug-likeness (QED) is 0.568. The minimum atomic E-state index is -3.53. The molecule has 0 aliphatic heterocycles. The Morgan fingerprint density at radius 1 is 1.18 bits per heavy atom. The van der Waals surface area contributed by atoms with Crippen LogP contribution in [-0.4, -0.2) is 45.4 Å². The van der Waals surface area contributed by atoms with Gasteiger partial charge in [0.25, 0.3) is 5.91 Å². The molecule has 0 saturated heterocycles. The summed E-state index contributed by atoms with van der Waals surface area (Å²) in [6, 6.07) is 13.5. The third-order valence-corrected chi connectivity index (χ3v) is 5.33. The summed E-state index contributed by atoms with van der Waals surface area (Å²) in [6.07, 6.45) is 1.61. The van der Waals surface area contributed by atoms with Gasteiger partial charge in [-0.2, -0.15) is 0 Å². The number of aliphatic hydroxyl groups excluding tert-OH is 1. The number of benzene rings is 2. The molecular weight excluding hydrogens is 404 g/mol. The first kappa shape index (κ1) is 22.0. The summed E-state index contributed by atoms with van der Waals surface area (Å²) < 4.78 is 31.1. The molecule has 0 aliphatic carbocycles. The van der Waals surface area contributed by atoms with Crippen LogP contribution >= 0.6 is 11.6 Å². The molecule has 2 N–H and O–H groups in total. The lowest BCUT2D eigenvalue weighted by Crippen LogP contribution is -2.30. The lowest BCUT2D eigenvalue weighted by atomic mass is 10.2. The van der Waals surface area contributed by atoms with E-state index >= 15 is 0 Å². The van der Waals surface area contributed by atoms with Gasteiger partial charge in [0.2, 0.25) is 10.0 Å². The van der Waals surface area contributed by atoms with E-state index in [-0.39, 0.29) is 25.7 Å². The number of sulfonamides is 1. The highest BCUT2D eigenvalue weighted by molar-refractivity contribution is 7.92. The van der Waals surface area contributed by atoms with Gasteiger partial charge in [-0.1, -0.05) is 29.8 Å². The minimum Gasteiger partial charge on any atom is -0.484 e. The number of rotatable bonds is 10. The Labute approximate surface area is 169 Å². The summed E-state index contributed by atoms with van der Waals surface area (Å²) in [5.41, 5.74) is 1.15. The van der Waals surface area contributed by atoms with Crippen LogP contribution < -0.4 is 14.4 Å². The SMILES string of the molecule is CS(=O)(=O)N(Cc1ccccc1Cl)c1ccc(OCC(=O)NCCCO)cc1. The van der Waals surface area contributed by atoms with Gasteiger partial charge in [0.05, 0.1) is 18.5 Å². The maximum atomic E-state index is 12.3. The predicted octanol–water partition coefficient (Wildman–Crippen LogP) is 2.18. The van der Waals surface area contributed by atoms with Crippen LogP contribution in [0.15, 0.2) is 48.5 Å². The van der Waals surface area contributed by atoms with Crippen LogP contribution in [0.2, 0.25) is 5.02 Å². The van der Waals surface area contributed by atoms with Gasteiger partial charge in [0, 0.05) is 18.2 Å². The van der Waals surface area contributed by atoms with E-state index in [1.807, 2.05) is 0 Å². The van der Waals surface area contributed by atoms with Crippen LogP contribution in [0.3, 0.4) is 0 Å². The van der Waals surface area contributed by atoms with E-state index in [4.69, 9.17) is 21.4 Å². The number of nitrogens with zero attached hydrogens (tertiary/aromatic N) is 1. The Morgan fingerprint density at radius 3 is 2.46 bits per heavy atom. The zero-order valence-corrected chi connectivity index (χ0v) is 17.0. The summed E-state index contributed by atoms with van der Waals surface area (Å²) in [6.45, 7) is 0.322. The van der Waals surface area contributed by atoms with Gasteiger partial charge < -0.3 is 15.2 Å². The molecular formula is C19H23ClN2O5S. The summed E-state index contributed by atoms with van der Waals surface area (Å²) in [5.74, 6) is 0.140. The number of nitrogens with one attached hydrogen (secondary N) is 1. The Balaban J connectivity index is 2.06. The third kappa shape index (κ3) is 6.70. The highest BCUT2D eigenvalue weighted by atomic mass is 35.5. The first-order valence-electron chi connectivity index (χ1n) is 8.63. The van der Waals surface area contributed by atoms with Gasteiger partial charge in [-0.3, -0.25) is 9.10 Å². The van der Waals surface area contributed by atoms with Crippen molar-refractivity contribution < 1.29 is 23.1 Å². The molecule has 7 nitrogen and oxygen atoms in total. The number of anilines is 1. The number of aliphatic hydroxyl groups is 1. The second-order valence-electron chi connectivity index (χ2n) is 6.07. The number of hydrogen-bond donors (Lipinski definition) is 2. The Bertz CT molecular complexity index is 887. The van der Waals surface area contributed by atoms with E-state index in [1.54, 1.807) is 48.5 Å². The summed E-state index contributed by atoms with van der Waals surface area (Å²) >= 11 is 6.15. The van der Waals surface area contributed by atoms with Crippen molar-refractivity contribution in [2.75, 3.05) is 30.3 Å². The molecule has 0 bridgehead atoms. The molecule has 0 radical (unpaired) electrons. The zero-order valence-electron chi connectivity index (χ0n) is 15.5. The molecule has 1 amide bonds. The fraction of sp³-hybridized carbons (Fsp3) is 0.316. The van der Waals surface area contributed by atoms with Crippen LogP contribution in [-0.2, 0) is 21.4 Å². The molecule has 0 aromatic heterocycles. The van der Waals surface area contributed by atoms with Crippen molar-refractivity contribution in [3.8, 4) is 5.75 Å². The summed E-state index contributed by atoms with van der Waals surface area (Å²) in [7, 11) is -3.53. The molecule has 152 valence electrons. The van der Waals surface area contributed by atoms with Crippen LogP contribution in [0, 0.1) is 0 Å². The smallest absolute Gasteiger partial charge is 0.257 e. The molecule has 2 aromatic carbocycles. The van der Waals surface area contributed by atoms with E-state index in [0.29, 0.717) is 35.0 Å². The van der Waals surface area contributed by atoms with E-state index in [1.165, 1.54) is 4.31 Å². The number of halogens is 1. The molecule has 0 atom stereocenters. The summed E-state index contributed by atoms with van der Waals surface area (Å²) in [5, 5.41) is 11.8. The van der Waals surface area contributed by atoms with Crippen molar-refractivity contribution in [3.05, 3.63) is 59.1 Å². The average molecular weight is 427 g/mol. The first-order valence-corrected chi connectivity index (χ1v) is 10.9. The van der Waals surface area contributed by atoms with Crippen molar-refractivity contribution in [2.45, 2.75) is 13.0 Å². The number of amides is 1. The standard InChI is InChI=1S/C19H23ClN2O5S/c1-28(25,26)22(13-15-5-2-3-6-18(15)20)16-7-9-17(10-8-16)27-14-19(24)21-11-4-12-23/h2-3,5-10,23H,4,11-14H2,1H3,(H,21,24). The molecule has 0 saturated carbocycles. The van der Waals surface area contributed by atoms with E-state index in [9.17, 15) is 13.2 Å². The van der Waals surface area contributed by atoms with Crippen LogP contribution in [0.4, 0.5) is 5.69 Å². The second-order valence-corrected chi connectivity index (χ2v) is 8.38. The highest BCUT2D eigenvalue weighted by Gasteiger charge is 2.19. The minimum absolute atomic E-state index is 0.00757. The van der Waals surface area contributed by atoms with Crippen molar-refractivity contribution >= 4 is 33.2 Å². The average Bonchev–Trinajstić information content (AvgIpc) is 2.65. The topological polar surface area (TPSA) is 95.9 Å². The Hall–Kier alpha value is -2.29. The van der Waals surface area contributed by atoms with E-state index in [0.717, 1.165) is 6.26 Å². The van der Waals surface area contributed by atoms with Gasteiger partial charge >= 0.3 is 0 Å². The van der Waals surface area contributed by atoms with Crippen LogP contribution in [0.25, 0.3) is 0 Å². The fourth-order valence-electron chi connectivity index (χ4n) is 2.40. The maximum absolute atomic E-state index is 12.3. The van der Waals surface area contributed by atoms with Crippen molar-refractivity contribution in [3.63, 3.8) is 0 Å². The largest absolute Gasteiger partial charge is 0.484 e. The van der Waals surface area contributed by atoms with Gasteiger partial charge in [-0.05, 0) is 42.3 Å². The van der Waals surface area contributed by atoms with E-state index in [2.05, 4.69) is 5.32 Å². The lowest BCUT2D eigenvalue weighted by molar-refractivity contribution is -0.123. The Kier molecular flexibility index (Phi) is 8.10. The normalized spacial score (nSPS) is 11.1. The third-order valence-electron chi connectivity index (χ3n) is 3.82. The molecule has 0 unspecified atom stereocenters. The van der Waals surface area contributed by atoms with Crippen LogP contribution in [0.5, 0.6) is 5.75 Å². The van der Waals surface area contributed by atoms with E-state index < -0.39 is 10.0 Å². The molecule has 0 aliphatic rings. The monoisotopic (exact) mass is 426 g/mol. The van der Waals surface area contributed by atoms with Crippen molar-refractivity contribution in [1.82, 2.24) is 5.32 Å². The predicted molar refractivity (Wildman–Crippen MR) is 109 cm³/mol. The van der Waals surface area contributed by atoms with Gasteiger partial charge in [-0.15, -0.1) is 0 Å².